The number of rotatable bonds is 3. The minimum atomic E-state index is -0.0307. The van der Waals surface area contributed by atoms with Gasteiger partial charge in [0.05, 0.1) is 22.2 Å². The third kappa shape index (κ3) is 2.76. The molecule has 3 aromatic heterocycles. The number of carbonyl (C=O) groups is 1. The average Bonchev–Trinajstić information content (AvgIpc) is 3.17. The number of aromatic nitrogens is 4. The maximum atomic E-state index is 11.0. The molecule has 0 bridgehead atoms. The van der Waals surface area contributed by atoms with Crippen LogP contribution in [0.1, 0.15) is 18.2 Å². The number of carbonyl (C=O) groups excluding carboxylic acids is 1. The summed E-state index contributed by atoms with van der Waals surface area (Å²) < 4.78 is 3.07. The summed E-state index contributed by atoms with van der Waals surface area (Å²) in [6.45, 7) is 4.01. The molecule has 0 aliphatic rings. The molecule has 4 rings (SSSR count). The molecule has 0 radical (unpaired) electrons. The van der Waals surface area contributed by atoms with Crippen LogP contribution in [0, 0.1) is 6.92 Å². The van der Waals surface area contributed by atoms with Gasteiger partial charge in [-0.2, -0.15) is 0 Å². The zero-order valence-electron chi connectivity index (χ0n) is 14.2. The fourth-order valence-corrected chi connectivity index (χ4v) is 3.93. The molecule has 1 amide bonds. The van der Waals surface area contributed by atoms with E-state index in [0.717, 1.165) is 43.2 Å². The van der Waals surface area contributed by atoms with Gasteiger partial charge < -0.3 is 9.88 Å². The van der Waals surface area contributed by atoms with Gasteiger partial charge in [-0.1, -0.05) is 24.3 Å². The van der Waals surface area contributed by atoms with Gasteiger partial charge in [0.25, 0.3) is 0 Å². The Bertz CT molecular complexity index is 1090. The van der Waals surface area contributed by atoms with Crippen LogP contribution in [0.25, 0.3) is 32.0 Å². The Morgan fingerprint density at radius 3 is 2.72 bits per heavy atom. The van der Waals surface area contributed by atoms with Gasteiger partial charge in [0.2, 0.25) is 5.91 Å². The van der Waals surface area contributed by atoms with Gasteiger partial charge in [-0.15, -0.1) is 11.3 Å². The summed E-state index contributed by atoms with van der Waals surface area (Å²) in [5.41, 5.74) is 5.76. The summed E-state index contributed by atoms with van der Waals surface area (Å²) in [6, 6.07) is 8.08. The Hall–Kier alpha value is -2.80. The van der Waals surface area contributed by atoms with E-state index in [1.165, 1.54) is 6.92 Å². The van der Waals surface area contributed by atoms with Gasteiger partial charge in [-0.05, 0) is 12.5 Å². The summed E-state index contributed by atoms with van der Waals surface area (Å²) in [4.78, 5) is 24.8. The van der Waals surface area contributed by atoms with Gasteiger partial charge in [-0.3, -0.25) is 4.79 Å². The van der Waals surface area contributed by atoms with Crippen molar-refractivity contribution in [3.8, 4) is 10.6 Å². The maximum Gasteiger partial charge on any atom is 0.217 e. The van der Waals surface area contributed by atoms with Crippen LogP contribution in [0.4, 0.5) is 0 Å². The molecule has 3 heterocycles. The summed E-state index contributed by atoms with van der Waals surface area (Å²) in [7, 11) is 1.99. The van der Waals surface area contributed by atoms with Crippen LogP contribution in [0.2, 0.25) is 0 Å². The van der Waals surface area contributed by atoms with Gasteiger partial charge in [0, 0.05) is 26.1 Å². The van der Waals surface area contributed by atoms with Crippen molar-refractivity contribution in [3.63, 3.8) is 0 Å². The zero-order chi connectivity index (χ0) is 17.6. The van der Waals surface area contributed by atoms with Crippen LogP contribution < -0.4 is 5.32 Å². The minimum absolute atomic E-state index is 0.0307. The maximum absolute atomic E-state index is 11.0. The lowest BCUT2D eigenvalue weighted by atomic mass is 10.1. The summed E-state index contributed by atoms with van der Waals surface area (Å²) in [5, 5.41) is 3.73. The molecule has 4 aromatic rings. The van der Waals surface area contributed by atoms with Gasteiger partial charge in [-0.25, -0.2) is 15.0 Å². The first-order valence-corrected chi connectivity index (χ1v) is 8.76. The van der Waals surface area contributed by atoms with Crippen molar-refractivity contribution in [2.45, 2.75) is 20.4 Å². The van der Waals surface area contributed by atoms with E-state index in [1.54, 1.807) is 11.3 Å². The number of hydrogen-bond acceptors (Lipinski definition) is 5. The highest BCUT2D eigenvalue weighted by Gasteiger charge is 2.15. The Morgan fingerprint density at radius 2 is 2.00 bits per heavy atom. The van der Waals surface area contributed by atoms with E-state index < -0.39 is 0 Å². The zero-order valence-corrected chi connectivity index (χ0v) is 15.0. The normalized spacial score (nSPS) is 11.3. The lowest BCUT2D eigenvalue weighted by Crippen LogP contribution is -2.18. The van der Waals surface area contributed by atoms with Crippen LogP contribution in [0.15, 0.2) is 30.6 Å². The third-order valence-electron chi connectivity index (χ3n) is 4.12. The van der Waals surface area contributed by atoms with Crippen LogP contribution in [0.3, 0.4) is 0 Å². The van der Waals surface area contributed by atoms with Crippen molar-refractivity contribution in [2.24, 2.45) is 7.05 Å². The van der Waals surface area contributed by atoms with E-state index in [0.29, 0.717) is 6.54 Å². The van der Waals surface area contributed by atoms with Crippen molar-refractivity contribution in [2.75, 3.05) is 0 Å². The molecule has 0 saturated heterocycles. The molecule has 1 N–H and O–H groups in total. The number of imidazole rings is 1. The Morgan fingerprint density at radius 1 is 1.24 bits per heavy atom. The number of pyridine rings is 1. The Labute approximate surface area is 148 Å². The highest BCUT2D eigenvalue weighted by Crippen LogP contribution is 2.34. The smallest absolute Gasteiger partial charge is 0.217 e. The lowest BCUT2D eigenvalue weighted by molar-refractivity contribution is -0.119. The number of nitrogens with zero attached hydrogens (tertiary/aromatic N) is 4. The molecular formula is C18H17N5OS. The number of fused-ring (bicyclic) bond motifs is 3. The Kier molecular flexibility index (Phi) is 3.73. The van der Waals surface area contributed by atoms with Crippen molar-refractivity contribution < 1.29 is 4.79 Å². The molecule has 0 atom stereocenters. The van der Waals surface area contributed by atoms with E-state index in [1.807, 2.05) is 49.1 Å². The van der Waals surface area contributed by atoms with Crippen LogP contribution in [-0.2, 0) is 18.4 Å². The molecule has 0 saturated carbocycles. The highest BCUT2D eigenvalue weighted by atomic mass is 32.1. The molecule has 25 heavy (non-hydrogen) atoms. The lowest BCUT2D eigenvalue weighted by Gasteiger charge is -2.03. The Balaban J connectivity index is 1.76. The molecule has 0 unspecified atom stereocenters. The second kappa shape index (κ2) is 5.93. The van der Waals surface area contributed by atoms with E-state index in [4.69, 9.17) is 4.98 Å². The summed E-state index contributed by atoms with van der Waals surface area (Å²) >= 11 is 1.63. The quantitative estimate of drug-likeness (QED) is 0.615. The molecule has 7 heteroatoms. The van der Waals surface area contributed by atoms with Crippen LogP contribution in [-0.4, -0.2) is 25.4 Å². The van der Waals surface area contributed by atoms with Crippen molar-refractivity contribution in [3.05, 3.63) is 41.9 Å². The first-order valence-electron chi connectivity index (χ1n) is 7.95. The first-order chi connectivity index (χ1) is 12.0. The molecule has 6 nitrogen and oxygen atoms in total. The van der Waals surface area contributed by atoms with Crippen molar-refractivity contribution in [1.82, 2.24) is 24.8 Å². The van der Waals surface area contributed by atoms with Crippen LogP contribution in [0.5, 0.6) is 0 Å². The molecule has 1 aromatic carbocycles. The first kappa shape index (κ1) is 15.7. The van der Waals surface area contributed by atoms with Gasteiger partial charge in [0.1, 0.15) is 10.5 Å². The van der Waals surface area contributed by atoms with E-state index in [2.05, 4.69) is 15.3 Å². The molecule has 126 valence electrons. The largest absolute Gasteiger partial charge is 0.352 e. The van der Waals surface area contributed by atoms with Gasteiger partial charge >= 0.3 is 0 Å². The number of thiazole rings is 1. The number of aryl methyl sites for hydroxylation is 2. The average molecular weight is 351 g/mol. The second-order valence-electron chi connectivity index (χ2n) is 6.03. The second-order valence-corrected chi connectivity index (χ2v) is 7.03. The molecule has 0 aliphatic carbocycles. The van der Waals surface area contributed by atoms with E-state index in [9.17, 15) is 4.79 Å². The fraction of sp³-hybridized carbons (Fsp3) is 0.222. The van der Waals surface area contributed by atoms with Crippen LogP contribution >= 0.6 is 11.3 Å². The van der Waals surface area contributed by atoms with E-state index in [-0.39, 0.29) is 5.91 Å². The molecular weight excluding hydrogens is 334 g/mol. The number of benzene rings is 1. The van der Waals surface area contributed by atoms with Gasteiger partial charge in [0.15, 0.2) is 5.65 Å². The number of amides is 1. The van der Waals surface area contributed by atoms with E-state index >= 15 is 0 Å². The highest BCUT2D eigenvalue weighted by molar-refractivity contribution is 7.22. The number of nitrogens with one attached hydrogen (secondary N) is 1. The topological polar surface area (TPSA) is 72.7 Å². The SMILES string of the molecule is CC(=O)NCc1ccc(-c2nc3nc(C)c4ncn(C)c4c3s2)cc1. The fourth-order valence-electron chi connectivity index (χ4n) is 2.83. The van der Waals surface area contributed by atoms with Crippen molar-refractivity contribution in [1.29, 1.82) is 0 Å². The molecule has 0 spiro atoms. The number of hydrogen-bond donors (Lipinski definition) is 1. The predicted molar refractivity (Wildman–Crippen MR) is 99.4 cm³/mol. The summed E-state index contributed by atoms with van der Waals surface area (Å²) in [5.74, 6) is -0.0307. The predicted octanol–water partition coefficient (Wildman–Crippen LogP) is 3.19. The minimum Gasteiger partial charge on any atom is -0.352 e. The molecule has 0 aliphatic heterocycles. The molecule has 0 fully saturated rings. The van der Waals surface area contributed by atoms with Crippen molar-refractivity contribution >= 4 is 38.6 Å². The standard InChI is InChI=1S/C18H17N5OS/c1-10-14-15(23(3)9-20-14)16-17(21-10)22-18(25-16)13-6-4-12(5-7-13)8-19-11(2)24/h4-7,9H,8H2,1-3H3,(H,19,24). The summed E-state index contributed by atoms with van der Waals surface area (Å²) in [6.07, 6.45) is 1.81. The monoisotopic (exact) mass is 351 g/mol. The third-order valence-corrected chi connectivity index (χ3v) is 5.22.